The summed E-state index contributed by atoms with van der Waals surface area (Å²) in [4.78, 5) is 17.2. The second-order valence-corrected chi connectivity index (χ2v) is 15.0. The molecule has 3 N–H and O–H groups in total. The van der Waals surface area contributed by atoms with Gasteiger partial charge in [0.25, 0.3) is 5.79 Å². The Balaban J connectivity index is 1.34. The molecule has 5 aliphatic carbocycles. The van der Waals surface area contributed by atoms with Gasteiger partial charge < -0.3 is 24.8 Å². The molecular weight excluding hydrogens is 518 g/mol. The highest BCUT2D eigenvalue weighted by atomic mass is 32.1. The number of benzene rings is 1. The van der Waals surface area contributed by atoms with Crippen LogP contribution in [0.15, 0.2) is 12.1 Å². The molecule has 214 valence electrons. The monoisotopic (exact) mass is 559 g/mol. The third kappa shape index (κ3) is 3.66. The van der Waals surface area contributed by atoms with Crippen molar-refractivity contribution in [3.05, 3.63) is 22.7 Å². The molecule has 0 amide bonds. The zero-order chi connectivity index (χ0) is 27.5. The van der Waals surface area contributed by atoms with E-state index in [1.165, 1.54) is 6.42 Å². The van der Waals surface area contributed by atoms with Gasteiger partial charge in [-0.2, -0.15) is 4.89 Å². The smallest absolute Gasteiger partial charge is 0.260 e. The Kier molecular flexibility index (Phi) is 6.02. The summed E-state index contributed by atoms with van der Waals surface area (Å²) >= 11 is 1.63. The van der Waals surface area contributed by atoms with Crippen LogP contribution in [0.2, 0.25) is 0 Å². The summed E-state index contributed by atoms with van der Waals surface area (Å²) in [7, 11) is 1.71. The second-order valence-electron chi connectivity index (χ2n) is 14.0. The van der Waals surface area contributed by atoms with E-state index in [2.05, 4.69) is 26.8 Å². The van der Waals surface area contributed by atoms with Gasteiger partial charge in [-0.25, -0.2) is 9.87 Å². The first-order valence-electron chi connectivity index (χ1n) is 14.5. The fourth-order valence-corrected chi connectivity index (χ4v) is 9.72. The number of aliphatic hydroxyl groups excluding tert-OH is 3. The lowest BCUT2D eigenvalue weighted by Crippen LogP contribution is -2.76. The molecule has 4 bridgehead atoms. The number of fused-ring (bicyclic) bond motifs is 1. The first-order valence-corrected chi connectivity index (χ1v) is 15.4. The Morgan fingerprint density at radius 3 is 2.15 bits per heavy atom. The van der Waals surface area contributed by atoms with Gasteiger partial charge in [0.2, 0.25) is 0 Å². The molecule has 9 heteroatoms. The molecule has 1 saturated heterocycles. The number of thiazole rings is 1. The van der Waals surface area contributed by atoms with Gasteiger partial charge in [-0.3, -0.25) is 0 Å². The zero-order valence-corrected chi connectivity index (χ0v) is 24.2. The summed E-state index contributed by atoms with van der Waals surface area (Å²) < 4.78 is 13.8. The minimum absolute atomic E-state index is 0.155. The van der Waals surface area contributed by atoms with E-state index in [1.54, 1.807) is 18.4 Å². The van der Waals surface area contributed by atoms with Gasteiger partial charge >= 0.3 is 0 Å². The minimum atomic E-state index is -1.28. The number of hydrogen-bond acceptors (Lipinski definition) is 9. The number of hydrogen-bond donors (Lipinski definition) is 3. The van der Waals surface area contributed by atoms with Crippen molar-refractivity contribution in [1.29, 1.82) is 0 Å². The van der Waals surface area contributed by atoms with Crippen molar-refractivity contribution in [2.45, 2.75) is 107 Å². The van der Waals surface area contributed by atoms with Crippen LogP contribution < -0.4 is 4.74 Å². The molecule has 6 fully saturated rings. The predicted molar refractivity (Wildman–Crippen MR) is 145 cm³/mol. The molecule has 6 aliphatic rings. The third-order valence-corrected chi connectivity index (χ3v) is 11.9. The first kappa shape index (κ1) is 26.6. The van der Waals surface area contributed by atoms with Gasteiger partial charge in [0.1, 0.15) is 29.6 Å². The van der Waals surface area contributed by atoms with Crippen LogP contribution in [0.5, 0.6) is 5.75 Å². The molecule has 1 spiro atoms. The molecule has 2 heterocycles. The molecule has 5 saturated carbocycles. The van der Waals surface area contributed by atoms with Crippen LogP contribution in [0.3, 0.4) is 0 Å². The summed E-state index contributed by atoms with van der Waals surface area (Å²) in [5.41, 5.74) is 0.878. The molecule has 1 aromatic heterocycles. The highest BCUT2D eigenvalue weighted by molar-refractivity contribution is 7.18. The van der Waals surface area contributed by atoms with Crippen molar-refractivity contribution in [3.63, 3.8) is 0 Å². The van der Waals surface area contributed by atoms with Crippen LogP contribution in [0.1, 0.15) is 76.8 Å². The molecule has 8 nitrogen and oxygen atoms in total. The summed E-state index contributed by atoms with van der Waals surface area (Å²) in [5.74, 6) is 1.55. The van der Waals surface area contributed by atoms with Gasteiger partial charge in [-0.05, 0) is 80.2 Å². The second kappa shape index (κ2) is 8.84. The van der Waals surface area contributed by atoms with Crippen LogP contribution in [0.25, 0.3) is 10.2 Å². The Hall–Kier alpha value is -1.33. The maximum Gasteiger partial charge on any atom is 0.260 e. The van der Waals surface area contributed by atoms with E-state index in [4.69, 9.17) is 24.2 Å². The number of aliphatic hydroxyl groups is 3. The first-order chi connectivity index (χ1) is 18.5. The lowest BCUT2D eigenvalue weighted by Gasteiger charge is -2.68. The number of methoxy groups -OCH3 is 1. The van der Waals surface area contributed by atoms with Gasteiger partial charge in [0, 0.05) is 18.1 Å². The van der Waals surface area contributed by atoms with Crippen LogP contribution in [0, 0.1) is 29.6 Å². The molecule has 1 aliphatic heterocycles. The summed E-state index contributed by atoms with van der Waals surface area (Å²) in [6.07, 6.45) is 2.16. The van der Waals surface area contributed by atoms with Crippen LogP contribution in [-0.2, 0) is 25.7 Å². The maximum atomic E-state index is 10.8. The van der Waals surface area contributed by atoms with Crippen LogP contribution >= 0.6 is 11.3 Å². The molecule has 8 rings (SSSR count). The van der Waals surface area contributed by atoms with Gasteiger partial charge in [0.15, 0.2) is 5.60 Å². The number of nitrogens with zero attached hydrogens (tertiary/aromatic N) is 1. The molecule has 6 atom stereocenters. The molecule has 2 aromatic rings. The van der Waals surface area contributed by atoms with E-state index in [9.17, 15) is 15.3 Å². The van der Waals surface area contributed by atoms with E-state index in [0.29, 0.717) is 24.0 Å². The minimum Gasteiger partial charge on any atom is -0.485 e. The Labute approximate surface area is 233 Å². The Bertz CT molecular complexity index is 1240. The van der Waals surface area contributed by atoms with Crippen LogP contribution in [-0.4, -0.2) is 57.4 Å². The largest absolute Gasteiger partial charge is 0.485 e. The average molecular weight is 560 g/mol. The van der Waals surface area contributed by atoms with E-state index in [0.717, 1.165) is 58.3 Å². The van der Waals surface area contributed by atoms with Gasteiger partial charge in [-0.15, -0.1) is 11.3 Å². The quantitative estimate of drug-likeness (QED) is 0.473. The maximum absolute atomic E-state index is 10.8. The van der Waals surface area contributed by atoms with Crippen molar-refractivity contribution < 1.29 is 34.6 Å². The van der Waals surface area contributed by atoms with E-state index >= 15 is 0 Å². The van der Waals surface area contributed by atoms with E-state index < -0.39 is 35.8 Å². The normalized spacial score (nSPS) is 45.2. The van der Waals surface area contributed by atoms with E-state index in [-0.39, 0.29) is 11.3 Å². The fraction of sp³-hybridized carbons (Fsp3) is 0.767. The van der Waals surface area contributed by atoms with Crippen molar-refractivity contribution in [1.82, 2.24) is 4.98 Å². The molecule has 6 unspecified atom stereocenters. The standard InChI is InChI=1S/C30H41NO7S/c1-14-6-21(25(33)26(34)24(14)32)36-20-12-19(13-22-23(20)31-27(39-22)28(2,3)4)30(35-5)29(37-38-30)17-8-15-7-16(10-17)11-18(29)9-15/h12-18,21,24-26,32-34H,6-11H2,1-5H3. The summed E-state index contributed by atoms with van der Waals surface area (Å²) in [6, 6.07) is 4.06. The van der Waals surface area contributed by atoms with Crippen molar-refractivity contribution in [2.75, 3.05) is 7.11 Å². The average Bonchev–Trinajstić information content (AvgIpc) is 3.31. The fourth-order valence-electron chi connectivity index (χ4n) is 8.64. The van der Waals surface area contributed by atoms with E-state index in [1.807, 2.05) is 13.0 Å². The highest BCUT2D eigenvalue weighted by Gasteiger charge is 2.76. The molecule has 39 heavy (non-hydrogen) atoms. The van der Waals surface area contributed by atoms with Gasteiger partial charge in [0.05, 0.1) is 15.8 Å². The van der Waals surface area contributed by atoms with Crippen molar-refractivity contribution in [3.8, 4) is 5.75 Å². The Morgan fingerprint density at radius 2 is 1.59 bits per heavy atom. The number of ether oxygens (including phenoxy) is 2. The van der Waals surface area contributed by atoms with Crippen molar-refractivity contribution in [2.24, 2.45) is 29.6 Å². The third-order valence-electron chi connectivity index (χ3n) is 10.5. The molecule has 1 aromatic carbocycles. The van der Waals surface area contributed by atoms with Crippen molar-refractivity contribution >= 4 is 21.6 Å². The highest BCUT2D eigenvalue weighted by Crippen LogP contribution is 2.69. The summed E-state index contributed by atoms with van der Waals surface area (Å²) in [6.45, 7) is 8.27. The topological polar surface area (TPSA) is 111 Å². The zero-order valence-electron chi connectivity index (χ0n) is 23.4. The van der Waals surface area contributed by atoms with Crippen LogP contribution in [0.4, 0.5) is 0 Å². The molecular formula is C30H41NO7S. The molecule has 0 radical (unpaired) electrons. The predicted octanol–water partition coefficient (Wildman–Crippen LogP) is 4.42. The lowest BCUT2D eigenvalue weighted by atomic mass is 9.47. The lowest BCUT2D eigenvalue weighted by molar-refractivity contribution is -0.645. The van der Waals surface area contributed by atoms with Gasteiger partial charge in [-0.1, -0.05) is 27.7 Å². The Morgan fingerprint density at radius 1 is 0.923 bits per heavy atom. The summed E-state index contributed by atoms with van der Waals surface area (Å²) in [5, 5.41) is 32.6. The SMILES string of the molecule is COC1(c2cc(OC3CC(C)C(O)C(O)C3O)c3nc(C(C)(C)C)sc3c2)OOC12C1CC3CC(C1)CC2C3. The number of rotatable bonds is 4. The number of aromatic nitrogens is 1.